The van der Waals surface area contributed by atoms with Crippen LogP contribution in [0.15, 0.2) is 0 Å². The largest absolute Gasteiger partial charge is 0.406 e. The average molecular weight is 253 g/mol. The molecule has 1 saturated carbocycles. The number of hydrogen-bond donors (Lipinski definition) is 2. The van der Waals surface area contributed by atoms with Gasteiger partial charge in [-0.3, -0.25) is 4.57 Å². The quantitative estimate of drug-likeness (QED) is 0.587. The van der Waals surface area contributed by atoms with Crippen LogP contribution in [0.3, 0.4) is 0 Å². The van der Waals surface area contributed by atoms with Crippen LogP contribution in [0.2, 0.25) is 0 Å². The molecule has 2 rings (SSSR count). The van der Waals surface area contributed by atoms with Crippen LogP contribution in [0.5, 0.6) is 0 Å². The molecular formula is C11H19N5O2. The Morgan fingerprint density at radius 1 is 1.67 bits per heavy atom. The second kappa shape index (κ2) is 4.93. The third-order valence-corrected chi connectivity index (χ3v) is 3.36. The lowest BCUT2D eigenvalue weighted by molar-refractivity contribution is -0.388. The number of nitrogens with one attached hydrogen (secondary N) is 1. The number of nitrogens with two attached hydrogens (primary N) is 1. The van der Waals surface area contributed by atoms with Crippen molar-refractivity contribution in [1.29, 1.82) is 0 Å². The lowest BCUT2D eigenvalue weighted by atomic mass is 10.2. The lowest BCUT2D eigenvalue weighted by Gasteiger charge is -2.13. The van der Waals surface area contributed by atoms with E-state index in [0.29, 0.717) is 30.6 Å². The molecule has 7 nitrogen and oxygen atoms in total. The first-order chi connectivity index (χ1) is 8.54. The van der Waals surface area contributed by atoms with Gasteiger partial charge in [0.05, 0.1) is 0 Å². The van der Waals surface area contributed by atoms with Gasteiger partial charge in [0, 0.05) is 26.1 Å². The van der Waals surface area contributed by atoms with E-state index in [9.17, 15) is 10.1 Å². The van der Waals surface area contributed by atoms with Gasteiger partial charge in [-0.05, 0) is 35.6 Å². The molecule has 0 radical (unpaired) electrons. The van der Waals surface area contributed by atoms with Gasteiger partial charge in [-0.15, -0.1) is 0 Å². The van der Waals surface area contributed by atoms with Gasteiger partial charge >= 0.3 is 5.82 Å². The van der Waals surface area contributed by atoms with E-state index in [1.54, 1.807) is 11.5 Å². The molecule has 0 aliphatic heterocycles. The Morgan fingerprint density at radius 2 is 2.33 bits per heavy atom. The van der Waals surface area contributed by atoms with Crippen molar-refractivity contribution in [1.82, 2.24) is 9.55 Å². The predicted octanol–water partition coefficient (Wildman–Crippen LogP) is 1.27. The van der Waals surface area contributed by atoms with Crippen molar-refractivity contribution in [3.05, 3.63) is 15.9 Å². The standard InChI is InChI=1S/C11H19N5O2/c1-3-15-7(2)14-11(16(17)18)10(15)13-6-9(12)8-4-5-8/h8-9,13H,3-6,12H2,1-2H3. The van der Waals surface area contributed by atoms with Crippen LogP contribution >= 0.6 is 0 Å². The van der Waals surface area contributed by atoms with E-state index in [-0.39, 0.29) is 11.9 Å². The van der Waals surface area contributed by atoms with Crippen molar-refractivity contribution in [3.8, 4) is 0 Å². The minimum absolute atomic E-state index is 0.0603. The number of imidazole rings is 1. The predicted molar refractivity (Wildman–Crippen MR) is 68.5 cm³/mol. The number of rotatable bonds is 6. The topological polar surface area (TPSA) is 99.0 Å². The number of aryl methyl sites for hydroxylation is 1. The van der Waals surface area contributed by atoms with Gasteiger partial charge in [0.15, 0.2) is 0 Å². The smallest absolute Gasteiger partial charge is 0.363 e. The van der Waals surface area contributed by atoms with Gasteiger partial charge in [0.1, 0.15) is 0 Å². The maximum absolute atomic E-state index is 11.0. The number of nitrogens with zero attached hydrogens (tertiary/aromatic N) is 3. The highest BCUT2D eigenvalue weighted by Gasteiger charge is 2.30. The molecule has 0 amide bonds. The van der Waals surface area contributed by atoms with Crippen LogP contribution in [0.4, 0.5) is 11.6 Å². The third kappa shape index (κ3) is 2.45. The summed E-state index contributed by atoms with van der Waals surface area (Å²) in [6, 6.07) is 0.0603. The molecule has 0 spiro atoms. The first-order valence-electron chi connectivity index (χ1n) is 6.25. The second-order valence-electron chi connectivity index (χ2n) is 4.71. The van der Waals surface area contributed by atoms with Crippen molar-refractivity contribution in [3.63, 3.8) is 0 Å². The summed E-state index contributed by atoms with van der Waals surface area (Å²) in [5.41, 5.74) is 5.99. The zero-order chi connectivity index (χ0) is 13.3. The molecule has 0 saturated heterocycles. The first kappa shape index (κ1) is 12.8. The fourth-order valence-electron chi connectivity index (χ4n) is 2.14. The van der Waals surface area contributed by atoms with Crippen molar-refractivity contribution >= 4 is 11.6 Å². The number of aromatic nitrogens is 2. The van der Waals surface area contributed by atoms with Gasteiger partial charge in [-0.1, -0.05) is 0 Å². The molecule has 7 heteroatoms. The highest BCUT2D eigenvalue weighted by atomic mass is 16.6. The Bertz CT molecular complexity index is 453. The number of nitro groups is 1. The normalized spacial score (nSPS) is 16.6. The molecule has 3 N–H and O–H groups in total. The summed E-state index contributed by atoms with van der Waals surface area (Å²) in [7, 11) is 0. The Labute approximate surface area is 106 Å². The van der Waals surface area contributed by atoms with Crippen LogP contribution in [0.25, 0.3) is 0 Å². The van der Waals surface area contributed by atoms with Crippen LogP contribution in [-0.2, 0) is 6.54 Å². The van der Waals surface area contributed by atoms with E-state index in [1.165, 1.54) is 0 Å². The second-order valence-corrected chi connectivity index (χ2v) is 4.71. The lowest BCUT2D eigenvalue weighted by Crippen LogP contribution is -2.31. The van der Waals surface area contributed by atoms with E-state index < -0.39 is 4.92 Å². The molecule has 1 atom stereocenters. The van der Waals surface area contributed by atoms with Crippen molar-refractivity contribution < 1.29 is 4.92 Å². The fourth-order valence-corrected chi connectivity index (χ4v) is 2.14. The van der Waals surface area contributed by atoms with Crippen LogP contribution in [0, 0.1) is 23.0 Å². The number of hydrogen-bond acceptors (Lipinski definition) is 5. The molecule has 100 valence electrons. The van der Waals surface area contributed by atoms with Crippen LogP contribution in [0.1, 0.15) is 25.6 Å². The Kier molecular flexibility index (Phi) is 3.51. The third-order valence-electron chi connectivity index (χ3n) is 3.36. The first-order valence-corrected chi connectivity index (χ1v) is 6.25. The molecular weight excluding hydrogens is 234 g/mol. The minimum atomic E-state index is -0.454. The average Bonchev–Trinajstić information content (AvgIpc) is 3.10. The summed E-state index contributed by atoms with van der Waals surface area (Å²) in [5, 5.41) is 14.0. The zero-order valence-corrected chi connectivity index (χ0v) is 10.7. The molecule has 1 aromatic rings. The Morgan fingerprint density at radius 3 is 2.83 bits per heavy atom. The van der Waals surface area contributed by atoms with Crippen LogP contribution < -0.4 is 11.1 Å². The summed E-state index contributed by atoms with van der Waals surface area (Å²) in [4.78, 5) is 14.5. The molecule has 0 aromatic carbocycles. The van der Waals surface area contributed by atoms with E-state index >= 15 is 0 Å². The summed E-state index contributed by atoms with van der Waals surface area (Å²) >= 11 is 0. The molecule has 1 heterocycles. The summed E-state index contributed by atoms with van der Waals surface area (Å²) in [6.07, 6.45) is 2.33. The van der Waals surface area contributed by atoms with E-state index in [2.05, 4.69) is 10.3 Å². The monoisotopic (exact) mass is 253 g/mol. The molecule has 1 fully saturated rings. The summed E-state index contributed by atoms with van der Waals surface area (Å²) < 4.78 is 1.80. The zero-order valence-electron chi connectivity index (χ0n) is 10.7. The van der Waals surface area contributed by atoms with Crippen molar-refractivity contribution in [2.24, 2.45) is 11.7 Å². The maximum Gasteiger partial charge on any atom is 0.406 e. The molecule has 1 aliphatic rings. The summed E-state index contributed by atoms with van der Waals surface area (Å²) in [6.45, 7) is 4.90. The van der Waals surface area contributed by atoms with Crippen LogP contribution in [-0.4, -0.2) is 27.1 Å². The van der Waals surface area contributed by atoms with E-state index in [4.69, 9.17) is 5.73 Å². The highest BCUT2D eigenvalue weighted by molar-refractivity contribution is 5.53. The van der Waals surface area contributed by atoms with Gasteiger partial charge in [0.2, 0.25) is 11.6 Å². The SMILES string of the molecule is CCn1c(C)nc([N+](=O)[O-])c1NCC(N)C1CC1. The molecule has 18 heavy (non-hydrogen) atoms. The molecule has 1 aromatic heterocycles. The van der Waals surface area contributed by atoms with Gasteiger partial charge < -0.3 is 21.2 Å². The van der Waals surface area contributed by atoms with Gasteiger partial charge in [0.25, 0.3) is 0 Å². The van der Waals surface area contributed by atoms with Gasteiger partial charge in [-0.2, -0.15) is 0 Å². The minimum Gasteiger partial charge on any atom is -0.363 e. The van der Waals surface area contributed by atoms with Crippen molar-refractivity contribution in [2.45, 2.75) is 39.3 Å². The Balaban J connectivity index is 2.15. The van der Waals surface area contributed by atoms with E-state index in [1.807, 2.05) is 6.92 Å². The molecule has 1 unspecified atom stereocenters. The van der Waals surface area contributed by atoms with Crippen molar-refractivity contribution in [2.75, 3.05) is 11.9 Å². The fraction of sp³-hybridized carbons (Fsp3) is 0.727. The molecule has 0 bridgehead atoms. The highest BCUT2D eigenvalue weighted by Crippen LogP contribution is 2.32. The number of anilines is 1. The van der Waals surface area contributed by atoms with E-state index in [0.717, 1.165) is 12.8 Å². The summed E-state index contributed by atoms with van der Waals surface area (Å²) in [5.74, 6) is 1.57. The van der Waals surface area contributed by atoms with Gasteiger partial charge in [-0.25, -0.2) is 0 Å². The molecule has 1 aliphatic carbocycles. The maximum atomic E-state index is 11.0. The Hall–Kier alpha value is -1.63.